The number of rotatable bonds is 3. The van der Waals surface area contributed by atoms with Gasteiger partial charge in [0, 0.05) is 25.3 Å². The van der Waals surface area contributed by atoms with Crippen LogP contribution in [0.4, 0.5) is 5.69 Å². The van der Waals surface area contributed by atoms with Crippen molar-refractivity contribution >= 4 is 17.4 Å². The largest absolute Gasteiger partial charge is 0.398 e. The molecule has 1 aromatic rings. The third-order valence-electron chi connectivity index (χ3n) is 2.07. The molecule has 0 spiro atoms. The summed E-state index contributed by atoms with van der Waals surface area (Å²) in [6.45, 7) is 0. The highest BCUT2D eigenvalue weighted by Crippen LogP contribution is 2.13. The Hall–Kier alpha value is -1.84. The second-order valence-electron chi connectivity index (χ2n) is 3.48. The van der Waals surface area contributed by atoms with Crippen molar-refractivity contribution in [3.8, 4) is 0 Å². The average molecular weight is 206 g/mol. The highest BCUT2D eigenvalue weighted by Gasteiger charge is 2.14. The lowest BCUT2D eigenvalue weighted by atomic mass is 10.1. The molecule has 0 atom stereocenters. The fourth-order valence-corrected chi connectivity index (χ4v) is 1.14. The summed E-state index contributed by atoms with van der Waals surface area (Å²) in [6.07, 6.45) is -0.138. The highest BCUT2D eigenvalue weighted by molar-refractivity contribution is 6.09. The summed E-state index contributed by atoms with van der Waals surface area (Å²) in [4.78, 5) is 24.3. The van der Waals surface area contributed by atoms with Gasteiger partial charge in [0.05, 0.1) is 6.42 Å². The number of hydrogen-bond donors (Lipinski definition) is 1. The maximum absolute atomic E-state index is 11.7. The summed E-state index contributed by atoms with van der Waals surface area (Å²) in [7, 11) is 3.23. The molecule has 0 saturated heterocycles. The van der Waals surface area contributed by atoms with Crippen LogP contribution in [0.5, 0.6) is 0 Å². The SMILES string of the molecule is CN(C)C(=O)CC(=O)c1ccccc1N. The molecule has 80 valence electrons. The van der Waals surface area contributed by atoms with Crippen LogP contribution < -0.4 is 5.73 Å². The van der Waals surface area contributed by atoms with Crippen LogP contribution in [0.3, 0.4) is 0 Å². The van der Waals surface area contributed by atoms with Gasteiger partial charge in [0.25, 0.3) is 0 Å². The lowest BCUT2D eigenvalue weighted by molar-refractivity contribution is -0.127. The number of nitrogens with zero attached hydrogens (tertiary/aromatic N) is 1. The van der Waals surface area contributed by atoms with E-state index in [1.54, 1.807) is 38.4 Å². The molecule has 0 aliphatic heterocycles. The molecule has 0 fully saturated rings. The van der Waals surface area contributed by atoms with E-state index in [1.165, 1.54) is 4.90 Å². The van der Waals surface area contributed by atoms with Crippen molar-refractivity contribution in [1.29, 1.82) is 0 Å². The number of carbonyl (C=O) groups excluding carboxylic acids is 2. The Labute approximate surface area is 88.7 Å². The summed E-state index contributed by atoms with van der Waals surface area (Å²) in [5, 5.41) is 0. The molecular weight excluding hydrogens is 192 g/mol. The van der Waals surface area contributed by atoms with E-state index in [-0.39, 0.29) is 18.1 Å². The van der Waals surface area contributed by atoms with E-state index in [9.17, 15) is 9.59 Å². The molecule has 0 bridgehead atoms. The number of para-hydroxylation sites is 1. The van der Waals surface area contributed by atoms with Gasteiger partial charge in [0.1, 0.15) is 0 Å². The van der Waals surface area contributed by atoms with Crippen molar-refractivity contribution in [1.82, 2.24) is 4.90 Å². The maximum atomic E-state index is 11.7. The van der Waals surface area contributed by atoms with E-state index < -0.39 is 0 Å². The van der Waals surface area contributed by atoms with Crippen LogP contribution >= 0.6 is 0 Å². The van der Waals surface area contributed by atoms with E-state index in [1.807, 2.05) is 0 Å². The third kappa shape index (κ3) is 2.80. The van der Waals surface area contributed by atoms with Crippen LogP contribution in [0.25, 0.3) is 0 Å². The molecule has 0 saturated carbocycles. The predicted molar refractivity (Wildman–Crippen MR) is 58.5 cm³/mol. The van der Waals surface area contributed by atoms with E-state index in [0.29, 0.717) is 11.3 Å². The van der Waals surface area contributed by atoms with Gasteiger partial charge in [-0.2, -0.15) is 0 Å². The second-order valence-corrected chi connectivity index (χ2v) is 3.48. The topological polar surface area (TPSA) is 63.4 Å². The molecule has 0 heterocycles. The fourth-order valence-electron chi connectivity index (χ4n) is 1.14. The molecule has 0 unspecified atom stereocenters. The van der Waals surface area contributed by atoms with E-state index in [2.05, 4.69) is 0 Å². The van der Waals surface area contributed by atoms with E-state index in [0.717, 1.165) is 0 Å². The van der Waals surface area contributed by atoms with Crippen molar-refractivity contribution in [3.63, 3.8) is 0 Å². The van der Waals surface area contributed by atoms with Crippen LogP contribution in [0.1, 0.15) is 16.8 Å². The van der Waals surface area contributed by atoms with Crippen molar-refractivity contribution in [2.75, 3.05) is 19.8 Å². The Bertz CT molecular complexity index is 386. The van der Waals surface area contributed by atoms with Gasteiger partial charge >= 0.3 is 0 Å². The number of anilines is 1. The van der Waals surface area contributed by atoms with Gasteiger partial charge in [-0.05, 0) is 12.1 Å². The Morgan fingerprint density at radius 1 is 1.27 bits per heavy atom. The Morgan fingerprint density at radius 3 is 2.40 bits per heavy atom. The van der Waals surface area contributed by atoms with Crippen LogP contribution in [0, 0.1) is 0 Å². The Kier molecular flexibility index (Phi) is 3.44. The van der Waals surface area contributed by atoms with Crippen LogP contribution in [0.2, 0.25) is 0 Å². The molecule has 1 rings (SSSR count). The van der Waals surface area contributed by atoms with Gasteiger partial charge < -0.3 is 10.6 Å². The summed E-state index contributed by atoms with van der Waals surface area (Å²) >= 11 is 0. The van der Waals surface area contributed by atoms with Crippen LogP contribution in [-0.2, 0) is 4.79 Å². The lowest BCUT2D eigenvalue weighted by Crippen LogP contribution is -2.24. The Morgan fingerprint density at radius 2 is 1.87 bits per heavy atom. The number of benzene rings is 1. The number of nitrogen functional groups attached to an aromatic ring is 1. The summed E-state index contributed by atoms with van der Waals surface area (Å²) < 4.78 is 0. The van der Waals surface area contributed by atoms with Gasteiger partial charge in [0.2, 0.25) is 5.91 Å². The monoisotopic (exact) mass is 206 g/mol. The molecule has 1 aromatic carbocycles. The fraction of sp³-hybridized carbons (Fsp3) is 0.273. The summed E-state index contributed by atoms with van der Waals surface area (Å²) in [5.41, 5.74) is 6.45. The van der Waals surface area contributed by atoms with Crippen molar-refractivity contribution in [2.24, 2.45) is 0 Å². The van der Waals surface area contributed by atoms with Crippen molar-refractivity contribution < 1.29 is 9.59 Å². The van der Waals surface area contributed by atoms with Crippen LogP contribution in [-0.4, -0.2) is 30.7 Å². The molecule has 4 heteroatoms. The number of amides is 1. The van der Waals surface area contributed by atoms with Gasteiger partial charge in [0.15, 0.2) is 5.78 Å². The first kappa shape index (κ1) is 11.2. The predicted octanol–water partition coefficient (Wildman–Crippen LogP) is 0.930. The first-order chi connectivity index (χ1) is 7.02. The molecule has 2 N–H and O–H groups in total. The molecule has 0 aliphatic carbocycles. The minimum absolute atomic E-state index is 0.138. The number of Topliss-reactive ketones (excluding diaryl/α,β-unsaturated/α-hetero) is 1. The van der Waals surface area contributed by atoms with Gasteiger partial charge in [-0.15, -0.1) is 0 Å². The second kappa shape index (κ2) is 4.59. The zero-order valence-electron chi connectivity index (χ0n) is 8.86. The standard InChI is InChI=1S/C11H14N2O2/c1-13(2)11(15)7-10(14)8-5-3-4-6-9(8)12/h3-6H,7,12H2,1-2H3. The van der Waals surface area contributed by atoms with E-state index >= 15 is 0 Å². The van der Waals surface area contributed by atoms with Crippen LogP contribution in [0.15, 0.2) is 24.3 Å². The van der Waals surface area contributed by atoms with Crippen molar-refractivity contribution in [3.05, 3.63) is 29.8 Å². The molecule has 0 aliphatic rings. The zero-order chi connectivity index (χ0) is 11.4. The molecule has 0 radical (unpaired) electrons. The average Bonchev–Trinajstić information content (AvgIpc) is 2.18. The first-order valence-electron chi connectivity index (χ1n) is 4.60. The number of hydrogen-bond acceptors (Lipinski definition) is 3. The minimum Gasteiger partial charge on any atom is -0.398 e. The normalized spacial score (nSPS) is 9.73. The number of nitrogens with two attached hydrogens (primary N) is 1. The van der Waals surface area contributed by atoms with Gasteiger partial charge in [-0.25, -0.2) is 0 Å². The Balaban J connectivity index is 2.79. The molecular formula is C11H14N2O2. The minimum atomic E-state index is -0.244. The van der Waals surface area contributed by atoms with E-state index in [4.69, 9.17) is 5.73 Å². The molecule has 15 heavy (non-hydrogen) atoms. The quantitative estimate of drug-likeness (QED) is 0.454. The third-order valence-corrected chi connectivity index (χ3v) is 2.07. The molecule has 0 aromatic heterocycles. The zero-order valence-corrected chi connectivity index (χ0v) is 8.86. The molecule has 4 nitrogen and oxygen atoms in total. The summed E-state index contributed by atoms with van der Waals surface area (Å²) in [6, 6.07) is 6.75. The van der Waals surface area contributed by atoms with Gasteiger partial charge in [-0.1, -0.05) is 12.1 Å². The number of ketones is 1. The lowest BCUT2D eigenvalue weighted by Gasteiger charge is -2.09. The number of carbonyl (C=O) groups is 2. The maximum Gasteiger partial charge on any atom is 0.229 e. The van der Waals surface area contributed by atoms with Gasteiger partial charge in [-0.3, -0.25) is 9.59 Å². The first-order valence-corrected chi connectivity index (χ1v) is 4.60. The highest BCUT2D eigenvalue weighted by atomic mass is 16.2. The molecule has 1 amide bonds. The van der Waals surface area contributed by atoms with Crippen molar-refractivity contribution in [2.45, 2.75) is 6.42 Å². The summed E-state index contributed by atoms with van der Waals surface area (Å²) in [5.74, 6) is -0.463. The smallest absolute Gasteiger partial charge is 0.229 e.